The van der Waals surface area contributed by atoms with Gasteiger partial charge in [0.15, 0.2) is 0 Å². The van der Waals surface area contributed by atoms with Gasteiger partial charge in [0.2, 0.25) is 5.91 Å². The van der Waals surface area contributed by atoms with Gasteiger partial charge in [0.1, 0.15) is 12.4 Å². The molecule has 128 valence electrons. The molecule has 25 heavy (non-hydrogen) atoms. The number of carbonyl (C=O) groups excluding carboxylic acids is 1. The number of fused-ring (bicyclic) bond motifs is 1. The summed E-state index contributed by atoms with van der Waals surface area (Å²) in [5.74, 6) is -0.106. The molecule has 0 bridgehead atoms. The third-order valence-electron chi connectivity index (χ3n) is 4.92. The summed E-state index contributed by atoms with van der Waals surface area (Å²) in [6.07, 6.45) is 4.73. The molecule has 2 aromatic heterocycles. The Morgan fingerprint density at radius 1 is 1.24 bits per heavy atom. The second-order valence-corrected chi connectivity index (χ2v) is 6.70. The molecule has 3 heterocycles. The number of aromatic nitrogens is 2. The van der Waals surface area contributed by atoms with Crippen molar-refractivity contribution in [2.75, 3.05) is 13.1 Å². The predicted octanol–water partition coefficient (Wildman–Crippen LogP) is 3.69. The molecule has 0 atom stereocenters. The summed E-state index contributed by atoms with van der Waals surface area (Å²) in [6.45, 7) is 5.71. The number of hydrogen-bond acceptors (Lipinski definition) is 2. The molecule has 1 saturated heterocycles. The largest absolute Gasteiger partial charge is 0.341 e. The van der Waals surface area contributed by atoms with Gasteiger partial charge in [-0.3, -0.25) is 9.78 Å². The number of nitrogens with zero attached hydrogens (tertiary/aromatic N) is 3. The fourth-order valence-corrected chi connectivity index (χ4v) is 3.30. The highest BCUT2D eigenvalue weighted by molar-refractivity contribution is 5.86. The molecule has 0 aliphatic carbocycles. The van der Waals surface area contributed by atoms with E-state index in [2.05, 4.69) is 4.98 Å². The Balaban J connectivity index is 1.77. The zero-order valence-electron chi connectivity index (χ0n) is 14.4. The fourth-order valence-electron chi connectivity index (χ4n) is 3.30. The van der Waals surface area contributed by atoms with Crippen molar-refractivity contribution in [2.24, 2.45) is 0 Å². The summed E-state index contributed by atoms with van der Waals surface area (Å²) in [4.78, 5) is 18.7. The van der Waals surface area contributed by atoms with Crippen molar-refractivity contribution >= 4 is 16.9 Å². The minimum atomic E-state index is -0.227. The van der Waals surface area contributed by atoms with Crippen molar-refractivity contribution < 1.29 is 9.18 Å². The maximum atomic E-state index is 14.5. The predicted molar refractivity (Wildman–Crippen MR) is 95.8 cm³/mol. The lowest BCUT2D eigenvalue weighted by molar-refractivity contribution is -0.135. The molecule has 5 heteroatoms. The molecule has 1 amide bonds. The molecule has 1 aromatic carbocycles. The van der Waals surface area contributed by atoms with Crippen molar-refractivity contribution in [3.05, 3.63) is 53.6 Å². The van der Waals surface area contributed by atoms with Crippen LogP contribution in [-0.2, 0) is 11.3 Å². The minimum absolute atomic E-state index is 0.121. The molecule has 0 saturated carbocycles. The van der Waals surface area contributed by atoms with Crippen molar-refractivity contribution in [3.8, 4) is 11.1 Å². The highest BCUT2D eigenvalue weighted by atomic mass is 19.1. The molecule has 1 aliphatic rings. The quantitative estimate of drug-likeness (QED) is 0.731. The normalized spacial score (nSPS) is 14.0. The third kappa shape index (κ3) is 2.69. The average molecular weight is 337 g/mol. The second-order valence-electron chi connectivity index (χ2n) is 6.70. The number of amides is 1. The van der Waals surface area contributed by atoms with Gasteiger partial charge in [0, 0.05) is 36.6 Å². The standard InChI is InChI=1S/C20H20FN3O/c1-13-5-3-6-16(19(13)21)15-9-17-20(22-10-15)14(2)11-24(17)12-18(25)23-7-4-8-23/h3,5-6,9-11H,4,7-8,12H2,1-2H3. The van der Waals surface area contributed by atoms with Crippen LogP contribution in [0.2, 0.25) is 0 Å². The highest BCUT2D eigenvalue weighted by Crippen LogP contribution is 2.28. The molecule has 0 radical (unpaired) electrons. The van der Waals surface area contributed by atoms with Gasteiger partial charge in [-0.05, 0) is 37.5 Å². The number of halogens is 1. The van der Waals surface area contributed by atoms with Gasteiger partial charge in [0.05, 0.1) is 11.0 Å². The number of hydrogen-bond donors (Lipinski definition) is 0. The first-order chi connectivity index (χ1) is 12.0. The Morgan fingerprint density at radius 3 is 2.76 bits per heavy atom. The van der Waals surface area contributed by atoms with Crippen molar-refractivity contribution in [3.63, 3.8) is 0 Å². The second kappa shape index (κ2) is 5.99. The Hall–Kier alpha value is -2.69. The Morgan fingerprint density at radius 2 is 2.04 bits per heavy atom. The van der Waals surface area contributed by atoms with Crippen LogP contribution in [0.4, 0.5) is 4.39 Å². The molecular formula is C20H20FN3O. The summed E-state index contributed by atoms with van der Waals surface area (Å²) < 4.78 is 16.4. The summed E-state index contributed by atoms with van der Waals surface area (Å²) in [6, 6.07) is 7.28. The zero-order chi connectivity index (χ0) is 17.6. The van der Waals surface area contributed by atoms with Crippen LogP contribution < -0.4 is 0 Å². The number of carbonyl (C=O) groups is 1. The lowest BCUT2D eigenvalue weighted by Gasteiger charge is -2.31. The van der Waals surface area contributed by atoms with Crippen molar-refractivity contribution in [1.29, 1.82) is 0 Å². The molecule has 1 fully saturated rings. The maximum Gasteiger partial charge on any atom is 0.242 e. The molecule has 4 nitrogen and oxygen atoms in total. The SMILES string of the molecule is Cc1cccc(-c2cnc3c(C)cn(CC(=O)N4CCC4)c3c2)c1F. The van der Waals surface area contributed by atoms with Crippen LogP contribution in [0.5, 0.6) is 0 Å². The van der Waals surface area contributed by atoms with E-state index in [1.54, 1.807) is 25.3 Å². The van der Waals surface area contributed by atoms with Crippen LogP contribution in [0.25, 0.3) is 22.2 Å². The summed E-state index contributed by atoms with van der Waals surface area (Å²) in [5, 5.41) is 0. The fraction of sp³-hybridized carbons (Fsp3) is 0.300. The first-order valence-electron chi connectivity index (χ1n) is 8.53. The van der Waals surface area contributed by atoms with Gasteiger partial charge in [-0.1, -0.05) is 18.2 Å². The van der Waals surface area contributed by atoms with Gasteiger partial charge >= 0.3 is 0 Å². The van der Waals surface area contributed by atoms with Crippen molar-refractivity contribution in [1.82, 2.24) is 14.5 Å². The van der Waals surface area contributed by atoms with E-state index in [1.807, 2.05) is 34.7 Å². The maximum absolute atomic E-state index is 14.5. The Kier molecular flexibility index (Phi) is 3.79. The average Bonchev–Trinajstić information content (AvgIpc) is 2.84. The number of likely N-dealkylation sites (tertiary alicyclic amines) is 1. The summed E-state index contributed by atoms with van der Waals surface area (Å²) >= 11 is 0. The Bertz CT molecular complexity index is 972. The van der Waals surface area contributed by atoms with E-state index in [1.165, 1.54) is 0 Å². The Labute approximate surface area is 145 Å². The van der Waals surface area contributed by atoms with Crippen LogP contribution in [0.3, 0.4) is 0 Å². The number of benzene rings is 1. The first-order valence-corrected chi connectivity index (χ1v) is 8.53. The van der Waals surface area contributed by atoms with Gasteiger partial charge in [-0.15, -0.1) is 0 Å². The molecule has 3 aromatic rings. The van der Waals surface area contributed by atoms with E-state index >= 15 is 0 Å². The number of rotatable bonds is 3. The van der Waals surface area contributed by atoms with Gasteiger partial charge in [0.25, 0.3) is 0 Å². The zero-order valence-corrected chi connectivity index (χ0v) is 14.4. The summed E-state index contributed by atoms with van der Waals surface area (Å²) in [5.41, 5.74) is 4.61. The topological polar surface area (TPSA) is 38.1 Å². The summed E-state index contributed by atoms with van der Waals surface area (Å²) in [7, 11) is 0. The van der Waals surface area contributed by atoms with Gasteiger partial charge in [-0.25, -0.2) is 4.39 Å². The van der Waals surface area contributed by atoms with E-state index in [0.29, 0.717) is 17.7 Å². The third-order valence-corrected chi connectivity index (χ3v) is 4.92. The molecule has 4 rings (SSSR count). The molecular weight excluding hydrogens is 317 g/mol. The van der Waals surface area contributed by atoms with E-state index in [-0.39, 0.29) is 11.7 Å². The number of aryl methyl sites for hydroxylation is 2. The minimum Gasteiger partial charge on any atom is -0.341 e. The smallest absolute Gasteiger partial charge is 0.242 e. The molecule has 0 unspecified atom stereocenters. The van der Waals surface area contributed by atoms with Crippen LogP contribution in [0.1, 0.15) is 17.5 Å². The van der Waals surface area contributed by atoms with Crippen LogP contribution in [0, 0.1) is 19.7 Å². The molecule has 0 N–H and O–H groups in total. The van der Waals surface area contributed by atoms with E-state index < -0.39 is 0 Å². The van der Waals surface area contributed by atoms with Gasteiger partial charge < -0.3 is 9.47 Å². The van der Waals surface area contributed by atoms with Crippen LogP contribution in [-0.4, -0.2) is 33.4 Å². The highest BCUT2D eigenvalue weighted by Gasteiger charge is 2.21. The molecule has 1 aliphatic heterocycles. The van der Waals surface area contributed by atoms with Crippen LogP contribution in [0.15, 0.2) is 36.7 Å². The van der Waals surface area contributed by atoms with Gasteiger partial charge in [-0.2, -0.15) is 0 Å². The lowest BCUT2D eigenvalue weighted by Crippen LogP contribution is -2.43. The number of pyridine rings is 1. The van der Waals surface area contributed by atoms with E-state index in [0.717, 1.165) is 41.7 Å². The molecule has 0 spiro atoms. The monoisotopic (exact) mass is 337 g/mol. The van der Waals surface area contributed by atoms with E-state index in [9.17, 15) is 9.18 Å². The lowest BCUT2D eigenvalue weighted by atomic mass is 10.0. The van der Waals surface area contributed by atoms with Crippen LogP contribution >= 0.6 is 0 Å². The first kappa shape index (κ1) is 15.8. The van der Waals surface area contributed by atoms with E-state index in [4.69, 9.17) is 0 Å². The van der Waals surface area contributed by atoms with Crippen molar-refractivity contribution in [2.45, 2.75) is 26.8 Å².